The van der Waals surface area contributed by atoms with E-state index in [-0.39, 0.29) is 5.91 Å². The van der Waals surface area contributed by atoms with Crippen LogP contribution in [0.2, 0.25) is 0 Å². The lowest BCUT2D eigenvalue weighted by Crippen LogP contribution is -2.12. The van der Waals surface area contributed by atoms with Gasteiger partial charge in [0.2, 0.25) is 0 Å². The van der Waals surface area contributed by atoms with Gasteiger partial charge in [0.15, 0.2) is 0 Å². The molecule has 0 bridgehead atoms. The van der Waals surface area contributed by atoms with Crippen molar-refractivity contribution in [2.24, 2.45) is 0 Å². The van der Waals surface area contributed by atoms with Crippen LogP contribution in [-0.2, 0) is 6.42 Å². The highest BCUT2D eigenvalue weighted by atomic mass is 32.1. The van der Waals surface area contributed by atoms with Gasteiger partial charge in [0.25, 0.3) is 5.91 Å². The summed E-state index contributed by atoms with van der Waals surface area (Å²) >= 11 is 1.56. The molecule has 170 valence electrons. The monoisotopic (exact) mass is 468 g/mol. The quantitative estimate of drug-likeness (QED) is 0.327. The van der Waals surface area contributed by atoms with Crippen molar-refractivity contribution >= 4 is 22.9 Å². The Hall–Kier alpha value is -4.08. The smallest absolute Gasteiger partial charge is 0.255 e. The number of para-hydroxylation sites is 1. The lowest BCUT2D eigenvalue weighted by atomic mass is 9.99. The van der Waals surface area contributed by atoms with Crippen molar-refractivity contribution in [3.05, 3.63) is 88.8 Å². The molecule has 0 aliphatic heterocycles. The first kappa shape index (κ1) is 23.1. The zero-order valence-corrected chi connectivity index (χ0v) is 20.0. The molecule has 0 radical (unpaired) electrons. The van der Waals surface area contributed by atoms with Crippen molar-refractivity contribution in [3.8, 4) is 39.1 Å². The summed E-state index contributed by atoms with van der Waals surface area (Å²) in [4.78, 5) is 15.2. The second kappa shape index (κ2) is 10.2. The van der Waals surface area contributed by atoms with Gasteiger partial charge in [-0.25, -0.2) is 0 Å². The van der Waals surface area contributed by atoms with Gasteiger partial charge in [0.05, 0.1) is 26.7 Å². The number of nitriles is 1. The van der Waals surface area contributed by atoms with Crippen LogP contribution in [0.25, 0.3) is 21.6 Å². The van der Waals surface area contributed by atoms with E-state index < -0.39 is 0 Å². The predicted molar refractivity (Wildman–Crippen MR) is 137 cm³/mol. The van der Waals surface area contributed by atoms with Crippen LogP contribution in [-0.4, -0.2) is 20.1 Å². The summed E-state index contributed by atoms with van der Waals surface area (Å²) in [6.45, 7) is 1.95. The van der Waals surface area contributed by atoms with Crippen LogP contribution in [0.3, 0.4) is 0 Å². The molecule has 0 aliphatic rings. The number of benzene rings is 3. The fraction of sp³-hybridized carbons (Fsp3) is 0.143. The number of carbonyl (C=O) groups is 1. The molecule has 0 atom stereocenters. The predicted octanol–water partition coefficient (Wildman–Crippen LogP) is 6.73. The van der Waals surface area contributed by atoms with Gasteiger partial charge < -0.3 is 14.8 Å². The second-order valence-electron chi connectivity index (χ2n) is 7.65. The summed E-state index contributed by atoms with van der Waals surface area (Å²) in [5.74, 6) is 1.26. The fourth-order valence-electron chi connectivity index (χ4n) is 3.91. The Morgan fingerprint density at radius 1 is 0.971 bits per heavy atom. The maximum atomic E-state index is 13.2. The van der Waals surface area contributed by atoms with Gasteiger partial charge >= 0.3 is 0 Å². The Morgan fingerprint density at radius 3 is 2.56 bits per heavy atom. The first-order valence-electron chi connectivity index (χ1n) is 10.7. The number of anilines is 1. The molecule has 1 aromatic heterocycles. The molecular weight excluding hydrogens is 444 g/mol. The van der Waals surface area contributed by atoms with E-state index in [1.807, 2.05) is 73.7 Å². The third-order valence-corrected chi connectivity index (χ3v) is 6.69. The van der Waals surface area contributed by atoms with Crippen molar-refractivity contribution in [3.63, 3.8) is 0 Å². The zero-order chi connectivity index (χ0) is 24.1. The molecule has 1 N–H and O–H groups in total. The van der Waals surface area contributed by atoms with Crippen LogP contribution < -0.4 is 14.8 Å². The van der Waals surface area contributed by atoms with Crippen molar-refractivity contribution in [1.82, 2.24) is 0 Å². The highest BCUT2D eigenvalue weighted by Crippen LogP contribution is 2.38. The molecule has 1 amide bonds. The molecular formula is C28H24N2O3S. The van der Waals surface area contributed by atoms with Crippen molar-refractivity contribution in [2.75, 3.05) is 19.5 Å². The first-order chi connectivity index (χ1) is 16.5. The Morgan fingerprint density at radius 2 is 1.79 bits per heavy atom. The summed E-state index contributed by atoms with van der Waals surface area (Å²) < 4.78 is 11.1. The van der Waals surface area contributed by atoms with E-state index in [0.29, 0.717) is 17.7 Å². The van der Waals surface area contributed by atoms with Crippen LogP contribution in [0.5, 0.6) is 11.5 Å². The largest absolute Gasteiger partial charge is 0.496 e. The van der Waals surface area contributed by atoms with Gasteiger partial charge in [-0.1, -0.05) is 30.3 Å². The van der Waals surface area contributed by atoms with Crippen molar-refractivity contribution < 1.29 is 14.3 Å². The number of nitrogens with zero attached hydrogens (tertiary/aromatic N) is 1. The van der Waals surface area contributed by atoms with Gasteiger partial charge in [-0.2, -0.15) is 5.26 Å². The first-order valence-corrected chi connectivity index (χ1v) is 11.6. The zero-order valence-electron chi connectivity index (χ0n) is 19.2. The number of hydrogen-bond donors (Lipinski definition) is 1. The minimum Gasteiger partial charge on any atom is -0.496 e. The highest BCUT2D eigenvalue weighted by molar-refractivity contribution is 7.15. The number of rotatable bonds is 7. The molecule has 0 saturated heterocycles. The Kier molecular flexibility index (Phi) is 6.95. The highest BCUT2D eigenvalue weighted by Gasteiger charge is 2.16. The molecule has 0 spiro atoms. The number of nitrogens with one attached hydrogen (secondary N) is 1. The van der Waals surface area contributed by atoms with E-state index in [4.69, 9.17) is 14.7 Å². The van der Waals surface area contributed by atoms with Crippen LogP contribution in [0, 0.1) is 18.3 Å². The number of methoxy groups -OCH3 is 2. The van der Waals surface area contributed by atoms with E-state index in [2.05, 4.69) is 11.4 Å². The molecule has 5 nitrogen and oxygen atoms in total. The molecule has 0 saturated carbocycles. The second-order valence-corrected chi connectivity index (χ2v) is 8.82. The third-order valence-electron chi connectivity index (χ3n) is 5.57. The normalized spacial score (nSPS) is 10.4. The Bertz CT molecular complexity index is 1380. The van der Waals surface area contributed by atoms with Crippen molar-refractivity contribution in [2.45, 2.75) is 13.3 Å². The molecule has 6 heteroatoms. The van der Waals surface area contributed by atoms with Crippen molar-refractivity contribution in [1.29, 1.82) is 5.26 Å². The average molecular weight is 469 g/mol. The molecule has 0 fully saturated rings. The maximum absolute atomic E-state index is 13.2. The summed E-state index contributed by atoms with van der Waals surface area (Å²) in [6, 6.07) is 25.1. The van der Waals surface area contributed by atoms with Gasteiger partial charge in [-0.05, 0) is 55.0 Å². The topological polar surface area (TPSA) is 71.3 Å². The lowest BCUT2D eigenvalue weighted by Gasteiger charge is -2.15. The number of thiophene rings is 1. The Labute approximate surface area is 203 Å². The molecule has 34 heavy (non-hydrogen) atoms. The summed E-state index contributed by atoms with van der Waals surface area (Å²) in [5, 5.41) is 12.0. The van der Waals surface area contributed by atoms with Gasteiger partial charge in [-0.15, -0.1) is 11.3 Å². The van der Waals surface area contributed by atoms with E-state index in [0.717, 1.165) is 43.4 Å². The summed E-state index contributed by atoms with van der Waals surface area (Å²) in [7, 11) is 3.26. The van der Waals surface area contributed by atoms with Gasteiger partial charge in [0.1, 0.15) is 11.5 Å². The molecule has 1 heterocycles. The van der Waals surface area contributed by atoms with E-state index >= 15 is 0 Å². The Balaban J connectivity index is 1.64. The number of ether oxygens (including phenoxy) is 2. The molecule has 4 aromatic rings. The van der Waals surface area contributed by atoms with Crippen LogP contribution in [0.15, 0.2) is 72.8 Å². The van der Waals surface area contributed by atoms with Gasteiger partial charge in [-0.3, -0.25) is 4.79 Å². The minimum atomic E-state index is -0.202. The number of hydrogen-bond acceptors (Lipinski definition) is 5. The standard InChI is InChI=1S/C28H24N2O3S/c1-18-25(32-2)13-12-22(27(18)33-3)19-7-6-8-20(17-19)28(31)30-24-10-5-4-9-23(24)26-14-11-21(34-26)15-16-29/h4-14,17H,15H2,1-3H3,(H,30,31). The molecule has 0 aliphatic carbocycles. The van der Waals surface area contributed by atoms with Gasteiger partial charge in [0, 0.05) is 37.7 Å². The number of carbonyl (C=O) groups excluding carboxylic acids is 1. The lowest BCUT2D eigenvalue weighted by molar-refractivity contribution is 0.102. The average Bonchev–Trinajstić information content (AvgIpc) is 3.33. The minimum absolute atomic E-state index is 0.202. The van der Waals surface area contributed by atoms with E-state index in [1.54, 1.807) is 31.6 Å². The van der Waals surface area contributed by atoms with Crippen LogP contribution >= 0.6 is 11.3 Å². The van der Waals surface area contributed by atoms with Crippen LogP contribution in [0.1, 0.15) is 20.8 Å². The van der Waals surface area contributed by atoms with E-state index in [1.165, 1.54) is 0 Å². The molecule has 0 unspecified atom stereocenters. The molecule has 3 aromatic carbocycles. The molecule has 4 rings (SSSR count). The van der Waals surface area contributed by atoms with Crippen LogP contribution in [0.4, 0.5) is 5.69 Å². The third kappa shape index (κ3) is 4.66. The van der Waals surface area contributed by atoms with E-state index in [9.17, 15) is 4.79 Å². The summed E-state index contributed by atoms with van der Waals surface area (Å²) in [5.41, 5.74) is 4.86. The number of amides is 1. The maximum Gasteiger partial charge on any atom is 0.255 e. The SMILES string of the molecule is COc1ccc(-c2cccc(C(=O)Nc3ccccc3-c3ccc(CC#N)s3)c2)c(OC)c1C. The summed E-state index contributed by atoms with van der Waals surface area (Å²) in [6.07, 6.45) is 0.375. The fourth-order valence-corrected chi connectivity index (χ4v) is 4.89.